The minimum absolute atomic E-state index is 0.0802. The summed E-state index contributed by atoms with van der Waals surface area (Å²) in [5, 5.41) is 3.45. The number of rotatable bonds is 8. The van der Waals surface area contributed by atoms with Crippen molar-refractivity contribution in [2.24, 2.45) is 0 Å². The van der Waals surface area contributed by atoms with Crippen molar-refractivity contribution in [3.63, 3.8) is 0 Å². The zero-order chi connectivity index (χ0) is 14.6. The molecule has 20 heavy (non-hydrogen) atoms. The molecule has 0 radical (unpaired) electrons. The highest BCUT2D eigenvalue weighted by molar-refractivity contribution is 7.87. The van der Waals surface area contributed by atoms with E-state index in [0.29, 0.717) is 19.2 Å². The van der Waals surface area contributed by atoms with Crippen molar-refractivity contribution in [2.75, 3.05) is 26.8 Å². The van der Waals surface area contributed by atoms with Crippen molar-refractivity contribution in [2.45, 2.75) is 57.2 Å². The van der Waals surface area contributed by atoms with Gasteiger partial charge in [0.1, 0.15) is 0 Å². The Morgan fingerprint density at radius 2 is 2.05 bits per heavy atom. The highest BCUT2D eigenvalue weighted by atomic mass is 32.2. The number of methoxy groups -OCH3 is 1. The zero-order valence-corrected chi connectivity index (χ0v) is 13.3. The van der Waals surface area contributed by atoms with E-state index >= 15 is 0 Å². The third-order valence-electron chi connectivity index (χ3n) is 3.87. The van der Waals surface area contributed by atoms with Crippen LogP contribution in [0.2, 0.25) is 0 Å². The van der Waals surface area contributed by atoms with E-state index in [0.717, 1.165) is 25.8 Å². The van der Waals surface area contributed by atoms with Gasteiger partial charge in [-0.2, -0.15) is 17.4 Å². The average Bonchev–Trinajstić information content (AvgIpc) is 3.20. The first-order valence-corrected chi connectivity index (χ1v) is 8.98. The van der Waals surface area contributed by atoms with Gasteiger partial charge in [0, 0.05) is 38.3 Å². The van der Waals surface area contributed by atoms with Gasteiger partial charge in [-0.1, -0.05) is 6.42 Å². The molecule has 0 spiro atoms. The number of piperidine rings is 1. The molecule has 2 unspecified atom stereocenters. The monoisotopic (exact) mass is 305 g/mol. The first kappa shape index (κ1) is 16.2. The van der Waals surface area contributed by atoms with Crippen molar-refractivity contribution in [1.29, 1.82) is 0 Å². The normalized spacial score (nSPS) is 26.6. The predicted octanol–water partition coefficient (Wildman–Crippen LogP) is 0.462. The molecule has 0 aromatic carbocycles. The fourth-order valence-corrected chi connectivity index (χ4v) is 4.34. The molecule has 0 bridgehead atoms. The van der Waals surface area contributed by atoms with E-state index < -0.39 is 10.2 Å². The largest absolute Gasteiger partial charge is 0.383 e. The van der Waals surface area contributed by atoms with Crippen LogP contribution in [-0.2, 0) is 14.9 Å². The standard InChI is InChI=1S/C13H27N3O3S/c1-11(10-19-2)15-20(17,18)16-8-4-3-5-13(16)9-14-12-6-7-12/h11-15H,3-10H2,1-2H3. The molecular formula is C13H27N3O3S. The van der Waals surface area contributed by atoms with Crippen LogP contribution in [0.5, 0.6) is 0 Å². The maximum absolute atomic E-state index is 12.5. The van der Waals surface area contributed by atoms with Gasteiger partial charge in [-0.25, -0.2) is 0 Å². The lowest BCUT2D eigenvalue weighted by atomic mass is 10.1. The quantitative estimate of drug-likeness (QED) is 0.683. The Bertz CT molecular complexity index is 398. The molecule has 2 fully saturated rings. The first-order valence-electron chi connectivity index (χ1n) is 7.54. The van der Waals surface area contributed by atoms with Crippen LogP contribution in [0.1, 0.15) is 39.0 Å². The Balaban J connectivity index is 1.93. The van der Waals surface area contributed by atoms with Crippen LogP contribution in [0.3, 0.4) is 0 Å². The van der Waals surface area contributed by atoms with Crippen molar-refractivity contribution >= 4 is 10.2 Å². The van der Waals surface area contributed by atoms with Gasteiger partial charge in [0.25, 0.3) is 10.2 Å². The van der Waals surface area contributed by atoms with E-state index in [-0.39, 0.29) is 12.1 Å². The molecule has 7 heteroatoms. The fraction of sp³-hybridized carbons (Fsp3) is 1.00. The van der Waals surface area contributed by atoms with Gasteiger partial charge in [-0.05, 0) is 32.6 Å². The van der Waals surface area contributed by atoms with Crippen molar-refractivity contribution in [3.05, 3.63) is 0 Å². The minimum atomic E-state index is -3.42. The molecule has 1 saturated heterocycles. The van der Waals surface area contributed by atoms with Crippen molar-refractivity contribution < 1.29 is 13.2 Å². The molecule has 1 saturated carbocycles. The first-order chi connectivity index (χ1) is 9.53. The molecule has 1 aliphatic heterocycles. The lowest BCUT2D eigenvalue weighted by Crippen LogP contribution is -2.54. The van der Waals surface area contributed by atoms with Crippen LogP contribution >= 0.6 is 0 Å². The Morgan fingerprint density at radius 3 is 2.70 bits per heavy atom. The minimum Gasteiger partial charge on any atom is -0.383 e. The van der Waals surface area contributed by atoms with Crippen LogP contribution < -0.4 is 10.0 Å². The summed E-state index contributed by atoms with van der Waals surface area (Å²) in [7, 11) is -1.84. The van der Waals surface area contributed by atoms with E-state index in [1.165, 1.54) is 12.8 Å². The van der Waals surface area contributed by atoms with E-state index in [1.54, 1.807) is 11.4 Å². The van der Waals surface area contributed by atoms with Crippen LogP contribution in [0.25, 0.3) is 0 Å². The molecule has 1 heterocycles. The van der Waals surface area contributed by atoms with E-state index in [1.807, 2.05) is 6.92 Å². The van der Waals surface area contributed by atoms with E-state index in [2.05, 4.69) is 10.0 Å². The van der Waals surface area contributed by atoms with Crippen molar-refractivity contribution in [3.8, 4) is 0 Å². The lowest BCUT2D eigenvalue weighted by molar-refractivity contribution is 0.177. The summed E-state index contributed by atoms with van der Waals surface area (Å²) < 4.78 is 34.3. The number of ether oxygens (including phenoxy) is 1. The predicted molar refractivity (Wildman–Crippen MR) is 78.8 cm³/mol. The summed E-state index contributed by atoms with van der Waals surface area (Å²) in [6.45, 7) is 3.59. The van der Waals surface area contributed by atoms with E-state index in [9.17, 15) is 8.42 Å². The number of nitrogens with zero attached hydrogens (tertiary/aromatic N) is 1. The molecule has 2 aliphatic rings. The maximum atomic E-state index is 12.5. The molecule has 6 nitrogen and oxygen atoms in total. The van der Waals surface area contributed by atoms with Crippen LogP contribution in [0.4, 0.5) is 0 Å². The molecule has 1 aliphatic carbocycles. The van der Waals surface area contributed by atoms with Crippen molar-refractivity contribution in [1.82, 2.24) is 14.3 Å². The maximum Gasteiger partial charge on any atom is 0.280 e. The van der Waals surface area contributed by atoms with Gasteiger partial charge in [0.15, 0.2) is 0 Å². The van der Waals surface area contributed by atoms with Gasteiger partial charge < -0.3 is 10.1 Å². The lowest BCUT2D eigenvalue weighted by Gasteiger charge is -2.35. The van der Waals surface area contributed by atoms with Crippen LogP contribution in [0.15, 0.2) is 0 Å². The Hall–Kier alpha value is -0.210. The average molecular weight is 305 g/mol. The number of hydrogen-bond acceptors (Lipinski definition) is 4. The van der Waals surface area contributed by atoms with Gasteiger partial charge in [0.05, 0.1) is 6.61 Å². The Labute approximate surface area is 122 Å². The molecular weight excluding hydrogens is 278 g/mol. The summed E-state index contributed by atoms with van der Waals surface area (Å²) in [5.74, 6) is 0. The summed E-state index contributed by atoms with van der Waals surface area (Å²) in [4.78, 5) is 0. The third-order valence-corrected chi connectivity index (χ3v) is 5.67. The molecule has 2 rings (SSSR count). The van der Waals surface area contributed by atoms with Gasteiger partial charge in [0.2, 0.25) is 0 Å². The van der Waals surface area contributed by atoms with Crippen LogP contribution in [0, 0.1) is 0 Å². The molecule has 0 amide bonds. The Kier molecular flexibility index (Phi) is 5.80. The zero-order valence-electron chi connectivity index (χ0n) is 12.5. The molecule has 0 aromatic rings. The summed E-state index contributed by atoms with van der Waals surface area (Å²) in [5.41, 5.74) is 0. The second kappa shape index (κ2) is 7.17. The number of hydrogen-bond donors (Lipinski definition) is 2. The molecule has 2 N–H and O–H groups in total. The smallest absolute Gasteiger partial charge is 0.280 e. The highest BCUT2D eigenvalue weighted by Crippen LogP contribution is 2.22. The topological polar surface area (TPSA) is 70.7 Å². The van der Waals surface area contributed by atoms with E-state index in [4.69, 9.17) is 4.74 Å². The summed E-state index contributed by atoms with van der Waals surface area (Å²) in [6.07, 6.45) is 5.45. The van der Waals surface area contributed by atoms with Gasteiger partial charge in [-0.15, -0.1) is 0 Å². The second-order valence-corrected chi connectivity index (χ2v) is 7.58. The molecule has 2 atom stereocenters. The Morgan fingerprint density at radius 1 is 1.30 bits per heavy atom. The van der Waals surface area contributed by atoms with Gasteiger partial charge >= 0.3 is 0 Å². The third kappa shape index (κ3) is 4.66. The SMILES string of the molecule is COCC(C)NS(=O)(=O)N1CCCCC1CNC1CC1. The summed E-state index contributed by atoms with van der Waals surface area (Å²) >= 11 is 0. The number of nitrogens with one attached hydrogen (secondary N) is 2. The van der Waals surface area contributed by atoms with Gasteiger partial charge in [-0.3, -0.25) is 0 Å². The fourth-order valence-electron chi connectivity index (χ4n) is 2.69. The second-order valence-electron chi connectivity index (χ2n) is 5.92. The highest BCUT2D eigenvalue weighted by Gasteiger charge is 2.34. The molecule has 0 aromatic heterocycles. The molecule has 118 valence electrons. The summed E-state index contributed by atoms with van der Waals surface area (Å²) in [6, 6.07) is 0.488. The van der Waals surface area contributed by atoms with Crippen LogP contribution in [-0.4, -0.2) is 57.7 Å².